The summed E-state index contributed by atoms with van der Waals surface area (Å²) in [7, 11) is 3.59. The van der Waals surface area contributed by atoms with E-state index in [0.29, 0.717) is 0 Å². The van der Waals surface area contributed by atoms with E-state index < -0.39 is 35.7 Å². The Labute approximate surface area is 165 Å². The predicted molar refractivity (Wildman–Crippen MR) is 100 cm³/mol. The monoisotopic (exact) mass is 407 g/mol. The zero-order valence-corrected chi connectivity index (χ0v) is 15.7. The lowest BCUT2D eigenvalue weighted by atomic mass is 9.77. The second-order valence-corrected chi connectivity index (χ2v) is 7.03. The third-order valence-electron chi connectivity index (χ3n) is 4.92. The van der Waals surface area contributed by atoms with Gasteiger partial charge in [0.25, 0.3) is 0 Å². The van der Waals surface area contributed by atoms with Gasteiger partial charge in [-0.15, -0.1) is 0 Å². The summed E-state index contributed by atoms with van der Waals surface area (Å²) in [6.45, 7) is 0. The quantitative estimate of drug-likeness (QED) is 0.681. The highest BCUT2D eigenvalue weighted by Crippen LogP contribution is 2.44. The molecule has 9 heteroatoms. The topological polar surface area (TPSA) is 81.7 Å². The van der Waals surface area contributed by atoms with Crippen molar-refractivity contribution in [3.63, 3.8) is 0 Å². The van der Waals surface area contributed by atoms with Crippen molar-refractivity contribution < 1.29 is 27.9 Å². The number of halogens is 3. The number of urea groups is 1. The SMILES string of the molecule is CN(C)c1ccc([C@@H]2NC(=O)N[C@](O)(C(F)(F)F)[C@@H]2C(=O)c2ccccc2)cc1. The number of carbonyl (C=O) groups excluding carboxylic acids is 2. The maximum atomic E-state index is 13.8. The molecule has 0 spiro atoms. The van der Waals surface area contributed by atoms with E-state index in [4.69, 9.17) is 0 Å². The number of Topliss-reactive ketones (excluding diaryl/α,β-unsaturated/α-hetero) is 1. The first-order valence-electron chi connectivity index (χ1n) is 8.79. The fraction of sp³-hybridized carbons (Fsp3) is 0.300. The van der Waals surface area contributed by atoms with Crippen LogP contribution in [-0.2, 0) is 0 Å². The Morgan fingerprint density at radius 1 is 1.07 bits per heavy atom. The van der Waals surface area contributed by atoms with Crippen LogP contribution < -0.4 is 15.5 Å². The number of aliphatic hydroxyl groups is 1. The maximum Gasteiger partial charge on any atom is 0.437 e. The molecule has 1 heterocycles. The number of amides is 2. The van der Waals surface area contributed by atoms with Gasteiger partial charge in [0.15, 0.2) is 5.78 Å². The number of benzene rings is 2. The second-order valence-electron chi connectivity index (χ2n) is 7.03. The lowest BCUT2D eigenvalue weighted by Gasteiger charge is -2.45. The molecule has 0 bridgehead atoms. The van der Waals surface area contributed by atoms with Gasteiger partial charge in [0.2, 0.25) is 5.72 Å². The number of hydrogen-bond donors (Lipinski definition) is 3. The molecule has 3 atom stereocenters. The van der Waals surface area contributed by atoms with Crippen LogP contribution >= 0.6 is 0 Å². The van der Waals surface area contributed by atoms with Gasteiger partial charge in [-0.3, -0.25) is 4.79 Å². The molecule has 1 saturated heterocycles. The predicted octanol–water partition coefficient (Wildman–Crippen LogP) is 2.86. The molecule has 0 radical (unpaired) electrons. The maximum absolute atomic E-state index is 13.8. The molecule has 0 aromatic heterocycles. The number of alkyl halides is 3. The van der Waals surface area contributed by atoms with Gasteiger partial charge in [-0.1, -0.05) is 42.5 Å². The zero-order valence-electron chi connectivity index (χ0n) is 15.7. The van der Waals surface area contributed by atoms with Crippen molar-refractivity contribution in [2.24, 2.45) is 5.92 Å². The lowest BCUT2D eigenvalue weighted by Crippen LogP contribution is -2.72. The van der Waals surface area contributed by atoms with Crippen molar-refractivity contribution in [2.45, 2.75) is 17.9 Å². The number of anilines is 1. The molecule has 2 aromatic carbocycles. The number of rotatable bonds is 4. The molecule has 3 N–H and O–H groups in total. The van der Waals surface area contributed by atoms with Gasteiger partial charge in [0.05, 0.1) is 6.04 Å². The minimum atomic E-state index is -5.28. The Morgan fingerprint density at radius 2 is 1.66 bits per heavy atom. The molecule has 0 saturated carbocycles. The van der Waals surface area contributed by atoms with Crippen molar-refractivity contribution in [2.75, 3.05) is 19.0 Å². The second kappa shape index (κ2) is 7.40. The molecule has 3 rings (SSSR count). The number of carbonyl (C=O) groups is 2. The van der Waals surface area contributed by atoms with Crippen molar-refractivity contribution >= 4 is 17.5 Å². The highest BCUT2D eigenvalue weighted by atomic mass is 19.4. The lowest BCUT2D eigenvalue weighted by molar-refractivity contribution is -0.287. The molecular formula is C20H20F3N3O3. The minimum absolute atomic E-state index is 0.00645. The van der Waals surface area contributed by atoms with Crippen LogP contribution in [0.1, 0.15) is 22.0 Å². The average molecular weight is 407 g/mol. The third-order valence-corrected chi connectivity index (χ3v) is 4.92. The molecule has 29 heavy (non-hydrogen) atoms. The van der Waals surface area contributed by atoms with E-state index in [1.54, 1.807) is 37.2 Å². The van der Waals surface area contributed by atoms with Crippen LogP contribution in [-0.4, -0.2) is 42.9 Å². The Morgan fingerprint density at radius 3 is 2.17 bits per heavy atom. The summed E-state index contributed by atoms with van der Waals surface area (Å²) in [5.74, 6) is -2.98. The Kier molecular flexibility index (Phi) is 5.27. The zero-order chi connectivity index (χ0) is 21.4. The molecule has 6 nitrogen and oxygen atoms in total. The largest absolute Gasteiger partial charge is 0.437 e. The van der Waals surface area contributed by atoms with Crippen molar-refractivity contribution in [3.8, 4) is 0 Å². The number of ketones is 1. The first kappa shape index (κ1) is 20.7. The summed E-state index contributed by atoms with van der Waals surface area (Å²) in [5.41, 5.74) is -2.69. The summed E-state index contributed by atoms with van der Waals surface area (Å²) in [6, 6.07) is 11.1. The number of nitrogens with zero attached hydrogens (tertiary/aromatic N) is 1. The average Bonchev–Trinajstić information content (AvgIpc) is 2.67. The van der Waals surface area contributed by atoms with E-state index in [0.717, 1.165) is 5.69 Å². The van der Waals surface area contributed by atoms with Crippen molar-refractivity contribution in [3.05, 3.63) is 65.7 Å². The van der Waals surface area contributed by atoms with Gasteiger partial charge in [0, 0.05) is 25.3 Å². The minimum Gasteiger partial charge on any atom is -0.378 e. The van der Waals surface area contributed by atoms with Gasteiger partial charge in [-0.2, -0.15) is 13.2 Å². The fourth-order valence-electron chi connectivity index (χ4n) is 3.38. The van der Waals surface area contributed by atoms with Gasteiger partial charge in [-0.25, -0.2) is 4.79 Å². The first-order valence-corrected chi connectivity index (χ1v) is 8.79. The van der Waals surface area contributed by atoms with Crippen LogP contribution in [0.15, 0.2) is 54.6 Å². The van der Waals surface area contributed by atoms with Crippen LogP contribution in [0.3, 0.4) is 0 Å². The van der Waals surface area contributed by atoms with Crippen LogP contribution in [0.4, 0.5) is 23.7 Å². The molecule has 2 amide bonds. The summed E-state index contributed by atoms with van der Waals surface area (Å²) in [6.07, 6.45) is -5.28. The van der Waals surface area contributed by atoms with Crippen LogP contribution in [0.5, 0.6) is 0 Å². The highest BCUT2D eigenvalue weighted by Gasteiger charge is 2.66. The standard InChI is InChI=1S/C20H20F3N3O3/c1-26(2)14-10-8-12(9-11-14)16-15(17(27)13-6-4-3-5-7-13)19(29,20(21,22)23)25-18(28)24-16/h3-11,15-16,29H,1-2H3,(H2,24,25,28)/t15-,16-,19+/m0/s1. The smallest absolute Gasteiger partial charge is 0.378 e. The highest BCUT2D eigenvalue weighted by molar-refractivity contribution is 6.00. The molecule has 154 valence electrons. The molecule has 0 aliphatic carbocycles. The Bertz CT molecular complexity index is 901. The summed E-state index contributed by atoms with van der Waals surface area (Å²) >= 11 is 0. The van der Waals surface area contributed by atoms with Gasteiger partial charge >= 0.3 is 12.2 Å². The molecule has 2 aromatic rings. The van der Waals surface area contributed by atoms with E-state index >= 15 is 0 Å². The summed E-state index contributed by atoms with van der Waals surface area (Å²) in [4.78, 5) is 26.9. The molecule has 0 unspecified atom stereocenters. The summed E-state index contributed by atoms with van der Waals surface area (Å²) < 4.78 is 41.5. The van der Waals surface area contributed by atoms with Gasteiger partial charge < -0.3 is 20.6 Å². The first-order chi connectivity index (χ1) is 13.5. The van der Waals surface area contributed by atoms with Crippen LogP contribution in [0.2, 0.25) is 0 Å². The van der Waals surface area contributed by atoms with Crippen molar-refractivity contribution in [1.29, 1.82) is 0 Å². The third kappa shape index (κ3) is 3.77. The Balaban J connectivity index is 2.13. The van der Waals surface area contributed by atoms with Gasteiger partial charge in [-0.05, 0) is 17.7 Å². The van der Waals surface area contributed by atoms with E-state index in [1.165, 1.54) is 41.7 Å². The van der Waals surface area contributed by atoms with E-state index in [-0.39, 0.29) is 11.1 Å². The van der Waals surface area contributed by atoms with E-state index in [1.807, 2.05) is 0 Å². The molecule has 1 aliphatic rings. The fourth-order valence-corrected chi connectivity index (χ4v) is 3.38. The Hall–Kier alpha value is -3.07. The van der Waals surface area contributed by atoms with Gasteiger partial charge in [0.1, 0.15) is 5.92 Å². The number of nitrogens with one attached hydrogen (secondary N) is 2. The van der Waals surface area contributed by atoms with E-state index in [2.05, 4.69) is 5.32 Å². The number of hydrogen-bond acceptors (Lipinski definition) is 4. The van der Waals surface area contributed by atoms with Crippen molar-refractivity contribution in [1.82, 2.24) is 10.6 Å². The molecule has 1 aliphatic heterocycles. The molecular weight excluding hydrogens is 387 g/mol. The van der Waals surface area contributed by atoms with Crippen LogP contribution in [0.25, 0.3) is 0 Å². The van der Waals surface area contributed by atoms with E-state index in [9.17, 15) is 27.9 Å². The molecule has 1 fully saturated rings. The summed E-state index contributed by atoms with van der Waals surface area (Å²) in [5, 5.41) is 14.4. The normalized spacial score (nSPS) is 24.4. The van der Waals surface area contributed by atoms with Crippen LogP contribution in [0, 0.1) is 5.92 Å².